The number of aromatic nitrogens is 2. The number of carbonyl (C=O) groups is 2. The quantitative estimate of drug-likeness (QED) is 0.136. The van der Waals surface area contributed by atoms with Gasteiger partial charge in [-0.3, -0.25) is 9.59 Å². The number of thioether (sulfide) groups is 1. The molecule has 1 aromatic heterocycles. The molecule has 0 radical (unpaired) electrons. The maximum atomic E-state index is 12.6. The fourth-order valence-corrected chi connectivity index (χ4v) is 4.84. The minimum Gasteiger partial charge on any atom is -0.456 e. The van der Waals surface area contributed by atoms with Crippen molar-refractivity contribution in [3.8, 4) is 11.5 Å². The highest BCUT2D eigenvalue weighted by molar-refractivity contribution is 7.99. The van der Waals surface area contributed by atoms with Crippen LogP contribution in [-0.4, -0.2) is 48.0 Å². The Kier molecular flexibility index (Phi) is 7.08. The number of hydrogen-bond donors (Lipinski definition) is 3. The van der Waals surface area contributed by atoms with Crippen LogP contribution in [0.15, 0.2) is 81.8 Å². The molecule has 4 aromatic rings. The van der Waals surface area contributed by atoms with E-state index in [-0.39, 0.29) is 27.7 Å². The number of ketones is 1. The predicted octanol–water partition coefficient (Wildman–Crippen LogP) is 3.15. The first-order chi connectivity index (χ1) is 17.1. The van der Waals surface area contributed by atoms with Crippen molar-refractivity contribution < 1.29 is 22.7 Å². The van der Waals surface area contributed by atoms with Gasteiger partial charge in [0.1, 0.15) is 16.4 Å². The number of Topliss-reactive ketones (excluding diaryl/α,β-unsaturated/α-hetero) is 1. The van der Waals surface area contributed by atoms with Gasteiger partial charge in [-0.25, -0.2) is 13.4 Å². The Balaban J connectivity index is 1.47. The summed E-state index contributed by atoms with van der Waals surface area (Å²) in [5.74, 6) is -0.820. The van der Waals surface area contributed by atoms with E-state index in [4.69, 9.17) is 16.2 Å². The van der Waals surface area contributed by atoms with Crippen LogP contribution >= 0.6 is 11.8 Å². The Morgan fingerprint density at radius 1 is 1.03 bits per heavy atom. The number of nitrogens with zero attached hydrogens (tertiary/aromatic N) is 2. The summed E-state index contributed by atoms with van der Waals surface area (Å²) in [5, 5.41) is 0.652. The molecule has 0 unspecified atom stereocenters. The largest absolute Gasteiger partial charge is 0.456 e. The smallest absolute Gasteiger partial charge is 0.280 e. The van der Waals surface area contributed by atoms with Crippen LogP contribution in [0.2, 0.25) is 0 Å². The summed E-state index contributed by atoms with van der Waals surface area (Å²) in [6.45, 7) is 0. The number of aromatic amines is 1. The Labute approximate surface area is 210 Å². The van der Waals surface area contributed by atoms with Crippen molar-refractivity contribution in [3.63, 3.8) is 0 Å². The minimum absolute atomic E-state index is 0.0123. The monoisotopic (exact) mass is 523 g/mol. The van der Waals surface area contributed by atoms with Crippen LogP contribution in [0.5, 0.6) is 11.5 Å². The molecule has 5 N–H and O–H groups in total. The Morgan fingerprint density at radius 2 is 1.72 bits per heavy atom. The minimum atomic E-state index is -3.76. The number of nitrogens with two attached hydrogens (primary N) is 2. The molecule has 0 fully saturated rings. The molecular weight excluding hydrogens is 502 g/mol. The maximum Gasteiger partial charge on any atom is 0.280 e. The first-order valence-electron chi connectivity index (χ1n) is 10.5. The standard InChI is InChI=1S/C24H21N5O5S2/c1-36(32,33)21-12-15(22(31)29-23(25)26)8-11-20(21)34-16-9-6-14(7-10-16)19(30)13-35-24-27-17-4-2-3-5-18(17)28-24/h2-12H,13H2,1H3,(H,27,28)(H4,25,26,29,31). The van der Waals surface area contributed by atoms with Crippen molar-refractivity contribution >= 4 is 50.3 Å². The third kappa shape index (κ3) is 5.90. The number of benzene rings is 3. The summed E-state index contributed by atoms with van der Waals surface area (Å²) in [6.07, 6.45) is 0.992. The van der Waals surface area contributed by atoms with E-state index < -0.39 is 21.7 Å². The second-order valence-corrected chi connectivity index (χ2v) is 10.6. The van der Waals surface area contributed by atoms with Gasteiger partial charge in [0.15, 0.2) is 26.7 Å². The summed E-state index contributed by atoms with van der Waals surface area (Å²) in [4.78, 5) is 35.5. The van der Waals surface area contributed by atoms with Gasteiger partial charge >= 0.3 is 0 Å². The molecule has 0 spiro atoms. The highest BCUT2D eigenvalue weighted by atomic mass is 32.2. The van der Waals surface area contributed by atoms with Crippen molar-refractivity contribution in [1.82, 2.24) is 9.97 Å². The van der Waals surface area contributed by atoms with E-state index in [0.717, 1.165) is 23.4 Å². The van der Waals surface area contributed by atoms with E-state index in [1.165, 1.54) is 23.9 Å². The zero-order valence-electron chi connectivity index (χ0n) is 19.0. The summed E-state index contributed by atoms with van der Waals surface area (Å²) in [6, 6.07) is 17.7. The third-order valence-corrected chi connectivity index (χ3v) is 6.92. The molecule has 4 rings (SSSR count). The normalized spacial score (nSPS) is 11.2. The average molecular weight is 524 g/mol. The summed E-state index contributed by atoms with van der Waals surface area (Å²) in [7, 11) is -3.76. The van der Waals surface area contributed by atoms with E-state index in [1.807, 2.05) is 24.3 Å². The van der Waals surface area contributed by atoms with Crippen LogP contribution in [0.25, 0.3) is 11.0 Å². The highest BCUT2D eigenvalue weighted by Crippen LogP contribution is 2.30. The van der Waals surface area contributed by atoms with Crippen molar-refractivity contribution in [3.05, 3.63) is 77.9 Å². The number of imidazole rings is 1. The number of sulfone groups is 1. The van der Waals surface area contributed by atoms with Crippen molar-refractivity contribution in [2.45, 2.75) is 10.1 Å². The number of rotatable bonds is 8. The molecule has 12 heteroatoms. The van der Waals surface area contributed by atoms with Gasteiger partial charge in [0, 0.05) is 17.4 Å². The topological polar surface area (TPSA) is 171 Å². The molecule has 10 nitrogen and oxygen atoms in total. The Morgan fingerprint density at radius 3 is 2.39 bits per heavy atom. The predicted molar refractivity (Wildman–Crippen MR) is 137 cm³/mol. The van der Waals surface area contributed by atoms with Crippen LogP contribution in [0.4, 0.5) is 0 Å². The lowest BCUT2D eigenvalue weighted by Gasteiger charge is -2.11. The van der Waals surface area contributed by atoms with Crippen molar-refractivity contribution in [2.24, 2.45) is 16.5 Å². The lowest BCUT2D eigenvalue weighted by atomic mass is 10.1. The van der Waals surface area contributed by atoms with Gasteiger partial charge < -0.3 is 21.2 Å². The molecule has 1 amide bonds. The molecule has 3 aromatic carbocycles. The lowest BCUT2D eigenvalue weighted by molar-refractivity contribution is 0.0999. The van der Waals surface area contributed by atoms with E-state index in [1.54, 1.807) is 24.3 Å². The fraction of sp³-hybridized carbons (Fsp3) is 0.0833. The molecule has 1 heterocycles. The summed E-state index contributed by atoms with van der Waals surface area (Å²) < 4.78 is 30.3. The van der Waals surface area contributed by atoms with Crippen LogP contribution in [0, 0.1) is 0 Å². The SMILES string of the molecule is CS(=O)(=O)c1cc(C(=O)N=C(N)N)ccc1Oc1ccc(C(=O)CSc2nc3ccccc3[nH]2)cc1. The number of ether oxygens (including phenoxy) is 1. The van der Waals surface area contributed by atoms with Gasteiger partial charge in [0.25, 0.3) is 5.91 Å². The van der Waals surface area contributed by atoms with E-state index in [9.17, 15) is 18.0 Å². The number of carbonyl (C=O) groups excluding carboxylic acids is 2. The van der Waals surface area contributed by atoms with Crippen LogP contribution in [0.3, 0.4) is 0 Å². The fourth-order valence-electron chi connectivity index (χ4n) is 3.25. The summed E-state index contributed by atoms with van der Waals surface area (Å²) >= 11 is 1.30. The van der Waals surface area contributed by atoms with Crippen LogP contribution in [-0.2, 0) is 9.84 Å². The van der Waals surface area contributed by atoms with Gasteiger partial charge in [-0.15, -0.1) is 0 Å². The number of para-hydroxylation sites is 2. The molecule has 0 bridgehead atoms. The second-order valence-electron chi connectivity index (χ2n) is 7.67. The molecule has 36 heavy (non-hydrogen) atoms. The molecule has 0 aliphatic heterocycles. The average Bonchev–Trinajstić information content (AvgIpc) is 3.25. The lowest BCUT2D eigenvalue weighted by Crippen LogP contribution is -2.24. The maximum absolute atomic E-state index is 12.6. The van der Waals surface area contributed by atoms with Crippen LogP contribution < -0.4 is 16.2 Å². The highest BCUT2D eigenvalue weighted by Gasteiger charge is 2.19. The molecule has 0 aliphatic rings. The van der Waals surface area contributed by atoms with E-state index in [2.05, 4.69) is 15.0 Å². The van der Waals surface area contributed by atoms with E-state index in [0.29, 0.717) is 16.5 Å². The number of aliphatic imine (C=N–C) groups is 1. The van der Waals surface area contributed by atoms with Crippen molar-refractivity contribution in [1.29, 1.82) is 0 Å². The molecule has 0 aliphatic carbocycles. The zero-order chi connectivity index (χ0) is 25.9. The molecular formula is C24H21N5O5S2. The Bertz CT molecular complexity index is 1560. The van der Waals surface area contributed by atoms with Crippen LogP contribution in [0.1, 0.15) is 20.7 Å². The van der Waals surface area contributed by atoms with Gasteiger partial charge in [-0.2, -0.15) is 4.99 Å². The number of H-pyrrole nitrogens is 1. The number of guanidine groups is 1. The van der Waals surface area contributed by atoms with Gasteiger partial charge in [0.2, 0.25) is 0 Å². The third-order valence-electron chi connectivity index (χ3n) is 4.93. The molecule has 184 valence electrons. The first-order valence-corrected chi connectivity index (χ1v) is 13.3. The van der Waals surface area contributed by atoms with Gasteiger partial charge in [-0.1, -0.05) is 23.9 Å². The molecule has 0 saturated carbocycles. The molecule has 0 saturated heterocycles. The Hall–Kier alpha value is -4.16. The van der Waals surface area contributed by atoms with E-state index >= 15 is 0 Å². The van der Waals surface area contributed by atoms with Crippen molar-refractivity contribution in [2.75, 3.05) is 12.0 Å². The molecule has 0 atom stereocenters. The first kappa shape index (κ1) is 24.9. The number of nitrogens with one attached hydrogen (secondary N) is 1. The van der Waals surface area contributed by atoms with Gasteiger partial charge in [-0.05, 0) is 54.6 Å². The summed E-state index contributed by atoms with van der Waals surface area (Å²) in [5.41, 5.74) is 12.6. The zero-order valence-corrected chi connectivity index (χ0v) is 20.6. The second kappa shape index (κ2) is 10.2. The number of fused-ring (bicyclic) bond motifs is 1. The van der Waals surface area contributed by atoms with Gasteiger partial charge in [0.05, 0.1) is 16.8 Å². The number of amides is 1. The number of hydrogen-bond acceptors (Lipinski definition) is 7.